The van der Waals surface area contributed by atoms with Gasteiger partial charge >= 0.3 is 0 Å². The second-order valence-corrected chi connectivity index (χ2v) is 13.2. The van der Waals surface area contributed by atoms with Gasteiger partial charge < -0.3 is 10.2 Å². The van der Waals surface area contributed by atoms with Crippen LogP contribution in [-0.4, -0.2) is 43.8 Å². The zero-order valence-corrected chi connectivity index (χ0v) is 26.1. The molecule has 0 heterocycles. The first-order chi connectivity index (χ1) is 20.1. The Bertz CT molecular complexity index is 1490. The van der Waals surface area contributed by atoms with Crippen LogP contribution in [0.5, 0.6) is 0 Å². The van der Waals surface area contributed by atoms with E-state index in [0.29, 0.717) is 22.7 Å². The monoisotopic (exact) mass is 609 g/mol. The molecule has 0 aromatic heterocycles. The molecule has 1 fully saturated rings. The first-order valence-electron chi connectivity index (χ1n) is 14.6. The third kappa shape index (κ3) is 7.53. The van der Waals surface area contributed by atoms with E-state index in [2.05, 4.69) is 5.32 Å². The van der Waals surface area contributed by atoms with Crippen LogP contribution in [0.25, 0.3) is 0 Å². The number of hydrogen-bond acceptors (Lipinski definition) is 4. The lowest BCUT2D eigenvalue weighted by Gasteiger charge is -2.34. The molecule has 2 amide bonds. The maximum absolute atomic E-state index is 14.2. The molecule has 3 aromatic rings. The molecule has 224 valence electrons. The number of para-hydroxylation sites is 1. The van der Waals surface area contributed by atoms with Crippen molar-refractivity contribution in [3.63, 3.8) is 0 Å². The third-order valence-electron chi connectivity index (χ3n) is 7.95. The Labute approximate surface area is 254 Å². The number of amides is 2. The molecule has 1 saturated carbocycles. The quantitative estimate of drug-likeness (QED) is 0.277. The smallest absolute Gasteiger partial charge is 0.264 e. The fourth-order valence-corrected chi connectivity index (χ4v) is 7.01. The Morgan fingerprint density at radius 1 is 0.929 bits per heavy atom. The van der Waals surface area contributed by atoms with Crippen molar-refractivity contribution in [2.24, 2.45) is 0 Å². The zero-order valence-electron chi connectivity index (χ0n) is 24.6. The van der Waals surface area contributed by atoms with Gasteiger partial charge in [-0.2, -0.15) is 0 Å². The molecule has 0 saturated heterocycles. The second-order valence-electron chi connectivity index (χ2n) is 10.9. The average Bonchev–Trinajstić information content (AvgIpc) is 2.99. The van der Waals surface area contributed by atoms with E-state index in [-0.39, 0.29) is 23.4 Å². The lowest BCUT2D eigenvalue weighted by molar-refractivity contribution is -0.139. The maximum atomic E-state index is 14.2. The molecule has 9 heteroatoms. The van der Waals surface area contributed by atoms with Gasteiger partial charge in [0.05, 0.1) is 10.6 Å². The molecule has 1 aliphatic rings. The van der Waals surface area contributed by atoms with Gasteiger partial charge in [-0.05, 0) is 68.5 Å². The molecular formula is C33H40ClN3O4S. The van der Waals surface area contributed by atoms with Crippen LogP contribution in [0, 0.1) is 6.92 Å². The Morgan fingerprint density at radius 2 is 1.55 bits per heavy atom. The number of carbonyl (C=O) groups is 2. The van der Waals surface area contributed by atoms with E-state index in [4.69, 9.17) is 11.6 Å². The number of benzene rings is 3. The zero-order chi connectivity index (χ0) is 30.3. The molecule has 42 heavy (non-hydrogen) atoms. The topological polar surface area (TPSA) is 86.8 Å². The summed E-state index contributed by atoms with van der Waals surface area (Å²) in [4.78, 5) is 29.2. The van der Waals surface area contributed by atoms with E-state index in [0.717, 1.165) is 43.2 Å². The number of anilines is 1. The van der Waals surface area contributed by atoms with Gasteiger partial charge in [0.25, 0.3) is 10.0 Å². The molecular weight excluding hydrogens is 570 g/mol. The molecule has 1 atom stereocenters. The van der Waals surface area contributed by atoms with Crippen molar-refractivity contribution in [1.29, 1.82) is 0 Å². The third-order valence-corrected chi connectivity index (χ3v) is 10.1. The van der Waals surface area contributed by atoms with E-state index in [1.54, 1.807) is 55.5 Å². The van der Waals surface area contributed by atoms with Crippen LogP contribution < -0.4 is 9.62 Å². The summed E-state index contributed by atoms with van der Waals surface area (Å²) in [5.41, 5.74) is 2.83. The summed E-state index contributed by atoms with van der Waals surface area (Å²) >= 11 is 6.47. The molecule has 1 aliphatic carbocycles. The molecule has 0 spiro atoms. The summed E-state index contributed by atoms with van der Waals surface area (Å²) in [6.07, 6.45) is 5.67. The van der Waals surface area contributed by atoms with Crippen molar-refractivity contribution in [3.05, 3.63) is 94.5 Å². The molecule has 0 unspecified atom stereocenters. The summed E-state index contributed by atoms with van der Waals surface area (Å²) in [6, 6.07) is 20.2. The minimum absolute atomic E-state index is 0.0611. The van der Waals surface area contributed by atoms with Gasteiger partial charge in [-0.15, -0.1) is 0 Å². The van der Waals surface area contributed by atoms with Gasteiger partial charge in [-0.3, -0.25) is 13.9 Å². The largest absolute Gasteiger partial charge is 0.352 e. The van der Waals surface area contributed by atoms with Gasteiger partial charge in [0, 0.05) is 17.6 Å². The van der Waals surface area contributed by atoms with Crippen LogP contribution in [0.3, 0.4) is 0 Å². The van der Waals surface area contributed by atoms with Crippen molar-refractivity contribution in [2.45, 2.75) is 82.8 Å². The lowest BCUT2D eigenvalue weighted by Crippen LogP contribution is -2.53. The predicted octanol–water partition coefficient (Wildman–Crippen LogP) is 6.27. The summed E-state index contributed by atoms with van der Waals surface area (Å²) < 4.78 is 29.4. The number of hydrogen-bond donors (Lipinski definition) is 1. The van der Waals surface area contributed by atoms with Gasteiger partial charge in [-0.25, -0.2) is 8.42 Å². The van der Waals surface area contributed by atoms with E-state index in [1.165, 1.54) is 9.21 Å². The van der Waals surface area contributed by atoms with Crippen molar-refractivity contribution in [1.82, 2.24) is 10.2 Å². The van der Waals surface area contributed by atoms with E-state index in [1.807, 2.05) is 38.1 Å². The molecule has 0 aliphatic heterocycles. The standard InChI is InChI=1S/C33H40ClN3O4S/c1-4-26-12-9-11-17-31(26)37(42(40,41)29-20-18-24(2)19-21-29)23-32(38)36(22-27-13-8-10-16-30(27)34)25(3)33(39)35-28-14-6-5-7-15-28/h8-13,16-21,25,28H,4-7,14-15,22-23H2,1-3H3,(H,35,39)/t25-/m1/s1. The maximum Gasteiger partial charge on any atom is 0.264 e. The average molecular weight is 610 g/mol. The molecule has 4 rings (SSSR count). The van der Waals surface area contributed by atoms with Crippen molar-refractivity contribution < 1.29 is 18.0 Å². The van der Waals surface area contributed by atoms with Crippen LogP contribution in [0.4, 0.5) is 5.69 Å². The normalized spacial score (nSPS) is 14.7. The number of nitrogens with one attached hydrogen (secondary N) is 1. The van der Waals surface area contributed by atoms with Crippen LogP contribution >= 0.6 is 11.6 Å². The highest BCUT2D eigenvalue weighted by Gasteiger charge is 2.34. The van der Waals surface area contributed by atoms with Crippen molar-refractivity contribution in [2.75, 3.05) is 10.8 Å². The van der Waals surface area contributed by atoms with Crippen molar-refractivity contribution >= 4 is 39.1 Å². The molecule has 0 bridgehead atoms. The van der Waals surface area contributed by atoms with Gasteiger partial charge in [0.15, 0.2) is 0 Å². The number of carbonyl (C=O) groups excluding carboxylic acids is 2. The lowest BCUT2D eigenvalue weighted by atomic mass is 9.95. The molecule has 3 aromatic carbocycles. The van der Waals surface area contributed by atoms with E-state index >= 15 is 0 Å². The van der Waals surface area contributed by atoms with Crippen molar-refractivity contribution in [3.8, 4) is 0 Å². The first kappa shape index (κ1) is 31.6. The summed E-state index contributed by atoms with van der Waals surface area (Å²) in [5.74, 6) is -0.757. The Hall–Kier alpha value is -3.36. The Balaban J connectivity index is 1.71. The highest BCUT2D eigenvalue weighted by atomic mass is 35.5. The fraction of sp³-hybridized carbons (Fsp3) is 0.394. The van der Waals surface area contributed by atoms with Crippen LogP contribution in [0.2, 0.25) is 5.02 Å². The highest BCUT2D eigenvalue weighted by molar-refractivity contribution is 7.92. The minimum atomic E-state index is -4.12. The summed E-state index contributed by atoms with van der Waals surface area (Å²) in [7, 11) is -4.12. The molecule has 0 radical (unpaired) electrons. The fourth-order valence-electron chi connectivity index (χ4n) is 5.37. The number of aryl methyl sites for hydroxylation is 2. The second kappa shape index (κ2) is 14.2. The van der Waals surface area contributed by atoms with Crippen LogP contribution in [0.1, 0.15) is 62.6 Å². The Kier molecular flexibility index (Phi) is 10.7. The minimum Gasteiger partial charge on any atom is -0.352 e. The Morgan fingerprint density at radius 3 is 2.19 bits per heavy atom. The molecule has 7 nitrogen and oxygen atoms in total. The first-order valence-corrected chi connectivity index (χ1v) is 16.4. The SMILES string of the molecule is CCc1ccccc1N(CC(=O)N(Cc1ccccc1Cl)[C@H](C)C(=O)NC1CCCCC1)S(=O)(=O)c1ccc(C)cc1. The van der Waals surface area contributed by atoms with Crippen LogP contribution in [-0.2, 0) is 32.6 Å². The summed E-state index contributed by atoms with van der Waals surface area (Å²) in [5, 5.41) is 3.59. The number of rotatable bonds is 11. The number of sulfonamides is 1. The van der Waals surface area contributed by atoms with Gasteiger partial charge in [0.1, 0.15) is 12.6 Å². The highest BCUT2D eigenvalue weighted by Crippen LogP contribution is 2.29. The van der Waals surface area contributed by atoms with E-state index in [9.17, 15) is 18.0 Å². The van der Waals surface area contributed by atoms with Crippen LogP contribution in [0.15, 0.2) is 77.7 Å². The summed E-state index contributed by atoms with van der Waals surface area (Å²) in [6.45, 7) is 5.10. The number of nitrogens with zero attached hydrogens (tertiary/aromatic N) is 2. The predicted molar refractivity (Wildman–Crippen MR) is 168 cm³/mol. The van der Waals surface area contributed by atoms with Gasteiger partial charge in [-0.1, -0.05) is 91.9 Å². The van der Waals surface area contributed by atoms with Gasteiger partial charge in [0.2, 0.25) is 11.8 Å². The van der Waals surface area contributed by atoms with E-state index < -0.39 is 28.5 Å². The number of halogens is 1. The molecule has 1 N–H and O–H groups in total.